The summed E-state index contributed by atoms with van der Waals surface area (Å²) in [6, 6.07) is 7.71. The fraction of sp³-hybridized carbons (Fsp3) is 0.0833. The van der Waals surface area contributed by atoms with Gasteiger partial charge in [-0.1, -0.05) is 24.0 Å². The van der Waals surface area contributed by atoms with Crippen LogP contribution in [-0.2, 0) is 4.79 Å². The molecule has 2 aromatic rings. The molecule has 0 aliphatic rings. The summed E-state index contributed by atoms with van der Waals surface area (Å²) in [7, 11) is 0. The van der Waals surface area contributed by atoms with Crippen LogP contribution in [0.25, 0.3) is 10.9 Å². The van der Waals surface area contributed by atoms with E-state index in [1.807, 2.05) is 30.5 Å². The molecule has 0 fully saturated rings. The predicted octanol–water partition coefficient (Wildman–Crippen LogP) is 1.99. The van der Waals surface area contributed by atoms with Gasteiger partial charge in [-0.3, -0.25) is 4.79 Å². The molecule has 1 aromatic heterocycles. The molecule has 1 aromatic carbocycles. The van der Waals surface area contributed by atoms with E-state index in [1.165, 1.54) is 0 Å². The lowest BCUT2D eigenvalue weighted by atomic mass is 10.1. The fourth-order valence-corrected chi connectivity index (χ4v) is 1.40. The second-order valence-electron chi connectivity index (χ2n) is 3.12. The van der Waals surface area contributed by atoms with Crippen molar-refractivity contribution in [1.82, 2.24) is 4.98 Å². The Morgan fingerprint density at radius 3 is 3.07 bits per heavy atom. The average Bonchev–Trinajstić information content (AvgIpc) is 2.65. The maximum Gasteiger partial charge on any atom is 0.315 e. The zero-order valence-electron chi connectivity index (χ0n) is 7.95. The Morgan fingerprint density at radius 1 is 1.40 bits per heavy atom. The van der Waals surface area contributed by atoms with Crippen molar-refractivity contribution in [3.05, 3.63) is 36.0 Å². The number of carboxylic acids is 1. The molecule has 0 aliphatic heterocycles. The van der Waals surface area contributed by atoms with E-state index < -0.39 is 5.97 Å². The molecule has 0 radical (unpaired) electrons. The molecule has 0 aliphatic carbocycles. The number of carboxylic acid groups (broad SMARTS) is 1. The summed E-state index contributed by atoms with van der Waals surface area (Å²) < 4.78 is 0. The molecule has 15 heavy (non-hydrogen) atoms. The number of benzene rings is 1. The lowest BCUT2D eigenvalue weighted by Crippen LogP contribution is -1.90. The van der Waals surface area contributed by atoms with Crippen molar-refractivity contribution in [2.75, 3.05) is 0 Å². The standard InChI is InChI=1S/C12H9NO2/c14-11(15)6-2-5-9-3-1-4-10-7-8-13-12(9)10/h1,3-4,7-8,13H,6H2,(H,14,15). The molecular weight excluding hydrogens is 190 g/mol. The third-order valence-electron chi connectivity index (χ3n) is 2.05. The molecule has 2 rings (SSSR count). The summed E-state index contributed by atoms with van der Waals surface area (Å²) in [5.74, 6) is 4.55. The summed E-state index contributed by atoms with van der Waals surface area (Å²) in [4.78, 5) is 13.4. The van der Waals surface area contributed by atoms with E-state index in [1.54, 1.807) is 0 Å². The highest BCUT2D eigenvalue weighted by Crippen LogP contribution is 2.15. The topological polar surface area (TPSA) is 53.1 Å². The number of aliphatic carboxylic acids is 1. The van der Waals surface area contributed by atoms with Crippen molar-refractivity contribution >= 4 is 16.9 Å². The number of aromatic nitrogens is 1. The molecule has 0 spiro atoms. The van der Waals surface area contributed by atoms with Gasteiger partial charge in [-0.25, -0.2) is 0 Å². The van der Waals surface area contributed by atoms with Crippen LogP contribution >= 0.6 is 0 Å². The second kappa shape index (κ2) is 3.89. The number of para-hydroxylation sites is 1. The maximum absolute atomic E-state index is 10.3. The van der Waals surface area contributed by atoms with Crippen LogP contribution in [0.2, 0.25) is 0 Å². The molecule has 3 nitrogen and oxygen atoms in total. The van der Waals surface area contributed by atoms with Gasteiger partial charge in [0.05, 0.1) is 5.52 Å². The Kier molecular flexibility index (Phi) is 2.42. The summed E-state index contributed by atoms with van der Waals surface area (Å²) in [5.41, 5.74) is 1.79. The zero-order valence-corrected chi connectivity index (χ0v) is 7.95. The number of fused-ring (bicyclic) bond motifs is 1. The van der Waals surface area contributed by atoms with Gasteiger partial charge in [0.25, 0.3) is 0 Å². The summed E-state index contributed by atoms with van der Waals surface area (Å²) >= 11 is 0. The van der Waals surface area contributed by atoms with E-state index in [4.69, 9.17) is 5.11 Å². The van der Waals surface area contributed by atoms with Crippen LogP contribution in [0.1, 0.15) is 12.0 Å². The number of aromatic amines is 1. The molecular formula is C12H9NO2. The van der Waals surface area contributed by atoms with Gasteiger partial charge >= 0.3 is 5.97 Å². The van der Waals surface area contributed by atoms with Crippen LogP contribution in [0.5, 0.6) is 0 Å². The van der Waals surface area contributed by atoms with Crippen LogP contribution < -0.4 is 0 Å². The Hall–Kier alpha value is -2.21. The molecule has 2 N–H and O–H groups in total. The summed E-state index contributed by atoms with van der Waals surface area (Å²) in [6.07, 6.45) is 1.71. The largest absolute Gasteiger partial charge is 0.481 e. The van der Waals surface area contributed by atoms with Crippen molar-refractivity contribution in [2.45, 2.75) is 6.42 Å². The number of H-pyrrole nitrogens is 1. The number of hydrogen-bond donors (Lipinski definition) is 2. The SMILES string of the molecule is O=C(O)CC#Cc1cccc2cc[nH]c12. The highest BCUT2D eigenvalue weighted by atomic mass is 16.4. The van der Waals surface area contributed by atoms with Gasteiger partial charge in [0, 0.05) is 17.1 Å². The van der Waals surface area contributed by atoms with Crippen molar-refractivity contribution < 1.29 is 9.90 Å². The number of carbonyl (C=O) groups is 1. The van der Waals surface area contributed by atoms with Crippen molar-refractivity contribution in [2.24, 2.45) is 0 Å². The monoisotopic (exact) mass is 199 g/mol. The maximum atomic E-state index is 10.3. The minimum atomic E-state index is -0.902. The van der Waals surface area contributed by atoms with Crippen molar-refractivity contribution in [3.8, 4) is 11.8 Å². The van der Waals surface area contributed by atoms with E-state index in [-0.39, 0.29) is 6.42 Å². The molecule has 74 valence electrons. The van der Waals surface area contributed by atoms with E-state index in [9.17, 15) is 4.79 Å². The molecule has 0 unspecified atom stereocenters. The fourth-order valence-electron chi connectivity index (χ4n) is 1.40. The highest BCUT2D eigenvalue weighted by molar-refractivity contribution is 5.85. The number of rotatable bonds is 1. The predicted molar refractivity (Wildman–Crippen MR) is 57.4 cm³/mol. The molecule has 0 saturated carbocycles. The van der Waals surface area contributed by atoms with E-state index in [2.05, 4.69) is 16.8 Å². The van der Waals surface area contributed by atoms with Crippen LogP contribution in [0, 0.1) is 11.8 Å². The van der Waals surface area contributed by atoms with Crippen LogP contribution in [0.4, 0.5) is 0 Å². The molecule has 3 heteroatoms. The van der Waals surface area contributed by atoms with Crippen LogP contribution in [0.3, 0.4) is 0 Å². The number of nitrogens with one attached hydrogen (secondary N) is 1. The van der Waals surface area contributed by atoms with E-state index in [0.717, 1.165) is 16.5 Å². The van der Waals surface area contributed by atoms with Gasteiger partial charge in [-0.2, -0.15) is 0 Å². The van der Waals surface area contributed by atoms with Gasteiger partial charge in [-0.15, -0.1) is 0 Å². The number of hydrogen-bond acceptors (Lipinski definition) is 1. The van der Waals surface area contributed by atoms with Gasteiger partial charge in [-0.05, 0) is 12.1 Å². The second-order valence-corrected chi connectivity index (χ2v) is 3.12. The van der Waals surface area contributed by atoms with Gasteiger partial charge in [0.15, 0.2) is 0 Å². The highest BCUT2D eigenvalue weighted by Gasteiger charge is 1.97. The van der Waals surface area contributed by atoms with Crippen molar-refractivity contribution in [1.29, 1.82) is 0 Å². The molecule has 0 amide bonds. The first-order valence-electron chi connectivity index (χ1n) is 4.54. The minimum absolute atomic E-state index is 0.128. The average molecular weight is 199 g/mol. The molecule has 1 heterocycles. The Bertz CT molecular complexity index is 557. The molecule has 0 atom stereocenters. The van der Waals surface area contributed by atoms with E-state index >= 15 is 0 Å². The first-order valence-corrected chi connectivity index (χ1v) is 4.54. The van der Waals surface area contributed by atoms with Gasteiger partial charge in [0.2, 0.25) is 0 Å². The smallest absolute Gasteiger partial charge is 0.315 e. The Morgan fingerprint density at radius 2 is 2.27 bits per heavy atom. The van der Waals surface area contributed by atoms with Crippen molar-refractivity contribution in [3.63, 3.8) is 0 Å². The van der Waals surface area contributed by atoms with E-state index in [0.29, 0.717) is 0 Å². The first-order chi connectivity index (χ1) is 7.27. The minimum Gasteiger partial charge on any atom is -0.481 e. The molecule has 0 bridgehead atoms. The van der Waals surface area contributed by atoms with Gasteiger partial charge in [0.1, 0.15) is 6.42 Å². The quantitative estimate of drug-likeness (QED) is 0.690. The Balaban J connectivity index is 2.37. The lowest BCUT2D eigenvalue weighted by Gasteiger charge is -1.93. The van der Waals surface area contributed by atoms with Crippen LogP contribution in [0.15, 0.2) is 30.5 Å². The van der Waals surface area contributed by atoms with Crippen LogP contribution in [-0.4, -0.2) is 16.1 Å². The summed E-state index contributed by atoms with van der Waals surface area (Å²) in [6.45, 7) is 0. The normalized spacial score (nSPS) is 9.60. The first kappa shape index (κ1) is 9.35. The zero-order chi connectivity index (χ0) is 10.7. The van der Waals surface area contributed by atoms with Gasteiger partial charge < -0.3 is 10.1 Å². The summed E-state index contributed by atoms with van der Waals surface area (Å²) in [5, 5.41) is 9.54. The third kappa shape index (κ3) is 2.00. The lowest BCUT2D eigenvalue weighted by molar-refractivity contribution is -0.135. The molecule has 0 saturated heterocycles. The Labute approximate surface area is 86.7 Å². The third-order valence-corrected chi connectivity index (χ3v) is 2.05.